The van der Waals surface area contributed by atoms with E-state index in [0.29, 0.717) is 11.3 Å². The number of anilines is 2. The van der Waals surface area contributed by atoms with Crippen LogP contribution in [-0.2, 0) is 0 Å². The Balaban J connectivity index is 2.22. The van der Waals surface area contributed by atoms with Crippen LogP contribution in [0.2, 0.25) is 0 Å². The Morgan fingerprint density at radius 1 is 1.24 bits per heavy atom. The number of nitrogens with two attached hydrogens (primary N) is 1. The average molecular weight is 231 g/mol. The first kappa shape index (κ1) is 11.1. The van der Waals surface area contributed by atoms with Crippen molar-refractivity contribution in [3.63, 3.8) is 0 Å². The lowest BCUT2D eigenvalue weighted by atomic mass is 10.2. The first-order valence-electron chi connectivity index (χ1n) is 4.93. The van der Waals surface area contributed by atoms with Gasteiger partial charge in [0.15, 0.2) is 0 Å². The highest BCUT2D eigenvalue weighted by atomic mass is 19.1. The van der Waals surface area contributed by atoms with Gasteiger partial charge in [0.05, 0.1) is 5.69 Å². The van der Waals surface area contributed by atoms with Gasteiger partial charge in [-0.3, -0.25) is 9.78 Å². The largest absolute Gasteiger partial charge is 0.399 e. The van der Waals surface area contributed by atoms with Gasteiger partial charge in [0, 0.05) is 23.6 Å². The van der Waals surface area contributed by atoms with Crippen LogP contribution in [0.5, 0.6) is 0 Å². The molecule has 0 unspecified atom stereocenters. The molecule has 0 aliphatic rings. The topological polar surface area (TPSA) is 68.0 Å². The van der Waals surface area contributed by atoms with Crippen LogP contribution in [0.3, 0.4) is 0 Å². The van der Waals surface area contributed by atoms with Crippen molar-refractivity contribution in [2.45, 2.75) is 0 Å². The molecule has 0 spiro atoms. The van der Waals surface area contributed by atoms with Crippen molar-refractivity contribution >= 4 is 17.3 Å². The fraction of sp³-hybridized carbons (Fsp3) is 0. The van der Waals surface area contributed by atoms with E-state index < -0.39 is 11.7 Å². The maximum absolute atomic E-state index is 13.4. The summed E-state index contributed by atoms with van der Waals surface area (Å²) >= 11 is 0. The SMILES string of the molecule is Nc1ccc(F)c(NC(=O)c2ccncc2)c1. The lowest BCUT2D eigenvalue weighted by Gasteiger charge is -2.06. The highest BCUT2D eigenvalue weighted by Gasteiger charge is 2.08. The molecule has 0 aliphatic heterocycles. The zero-order valence-corrected chi connectivity index (χ0v) is 8.85. The highest BCUT2D eigenvalue weighted by Crippen LogP contribution is 2.18. The average Bonchev–Trinajstić information content (AvgIpc) is 2.35. The molecule has 3 N–H and O–H groups in total. The van der Waals surface area contributed by atoms with Crippen LogP contribution in [0.15, 0.2) is 42.7 Å². The maximum atomic E-state index is 13.4. The Hall–Kier alpha value is -2.43. The molecule has 86 valence electrons. The number of nitrogen functional groups attached to an aromatic ring is 1. The van der Waals surface area contributed by atoms with E-state index in [0.717, 1.165) is 0 Å². The number of nitrogens with one attached hydrogen (secondary N) is 1. The molecule has 2 aromatic rings. The van der Waals surface area contributed by atoms with E-state index in [1.165, 1.54) is 30.6 Å². The van der Waals surface area contributed by atoms with Crippen LogP contribution in [0.1, 0.15) is 10.4 Å². The van der Waals surface area contributed by atoms with Gasteiger partial charge < -0.3 is 11.1 Å². The van der Waals surface area contributed by atoms with Crippen LogP contribution < -0.4 is 11.1 Å². The van der Waals surface area contributed by atoms with Crippen LogP contribution in [-0.4, -0.2) is 10.9 Å². The summed E-state index contributed by atoms with van der Waals surface area (Å²) in [6.07, 6.45) is 2.98. The van der Waals surface area contributed by atoms with Gasteiger partial charge >= 0.3 is 0 Å². The number of carbonyl (C=O) groups excluding carboxylic acids is 1. The Morgan fingerprint density at radius 3 is 2.65 bits per heavy atom. The molecule has 1 amide bonds. The molecule has 0 atom stereocenters. The van der Waals surface area contributed by atoms with Crippen LogP contribution in [0.25, 0.3) is 0 Å². The minimum absolute atomic E-state index is 0.0619. The minimum Gasteiger partial charge on any atom is -0.399 e. The first-order chi connectivity index (χ1) is 8.16. The van der Waals surface area contributed by atoms with Crippen molar-refractivity contribution in [3.8, 4) is 0 Å². The summed E-state index contributed by atoms with van der Waals surface area (Å²) in [5.41, 5.74) is 6.37. The van der Waals surface area contributed by atoms with Gasteiger partial charge in [-0.15, -0.1) is 0 Å². The van der Waals surface area contributed by atoms with Crippen molar-refractivity contribution in [2.75, 3.05) is 11.1 Å². The Labute approximate surface area is 97.3 Å². The monoisotopic (exact) mass is 231 g/mol. The predicted molar refractivity (Wildman–Crippen MR) is 63.0 cm³/mol. The summed E-state index contributed by atoms with van der Waals surface area (Å²) in [5, 5.41) is 2.45. The van der Waals surface area contributed by atoms with E-state index in [1.807, 2.05) is 0 Å². The van der Waals surface area contributed by atoms with E-state index in [2.05, 4.69) is 10.3 Å². The highest BCUT2D eigenvalue weighted by molar-refractivity contribution is 6.04. The van der Waals surface area contributed by atoms with Crippen LogP contribution in [0.4, 0.5) is 15.8 Å². The third-order valence-corrected chi connectivity index (χ3v) is 2.18. The van der Waals surface area contributed by atoms with Gasteiger partial charge in [0.25, 0.3) is 5.91 Å². The molecule has 5 heteroatoms. The first-order valence-corrected chi connectivity index (χ1v) is 4.93. The number of hydrogen-bond donors (Lipinski definition) is 2. The number of amides is 1. The van der Waals surface area contributed by atoms with Gasteiger partial charge in [0.2, 0.25) is 0 Å². The molecular weight excluding hydrogens is 221 g/mol. The molecule has 1 heterocycles. The van der Waals surface area contributed by atoms with Crippen molar-refractivity contribution in [1.82, 2.24) is 4.98 Å². The van der Waals surface area contributed by atoms with Gasteiger partial charge in [-0.25, -0.2) is 4.39 Å². The number of pyridine rings is 1. The van der Waals surface area contributed by atoms with E-state index in [4.69, 9.17) is 5.73 Å². The number of rotatable bonds is 2. The normalized spacial score (nSPS) is 9.94. The summed E-state index contributed by atoms with van der Waals surface area (Å²) in [6.45, 7) is 0. The van der Waals surface area contributed by atoms with Gasteiger partial charge in [0.1, 0.15) is 5.82 Å². The fourth-order valence-corrected chi connectivity index (χ4v) is 1.34. The summed E-state index contributed by atoms with van der Waals surface area (Å²) in [5.74, 6) is -0.932. The molecule has 0 saturated heterocycles. The summed E-state index contributed by atoms with van der Waals surface area (Å²) in [7, 11) is 0. The van der Waals surface area contributed by atoms with Crippen molar-refractivity contribution in [2.24, 2.45) is 0 Å². The number of carbonyl (C=O) groups is 1. The molecule has 0 saturated carbocycles. The lowest BCUT2D eigenvalue weighted by molar-refractivity contribution is 0.102. The number of nitrogens with zero attached hydrogens (tertiary/aromatic N) is 1. The second-order valence-electron chi connectivity index (χ2n) is 3.43. The van der Waals surface area contributed by atoms with Crippen LogP contribution >= 0.6 is 0 Å². The summed E-state index contributed by atoms with van der Waals surface area (Å²) in [6, 6.07) is 7.09. The standard InChI is InChI=1S/C12H10FN3O/c13-10-2-1-9(14)7-11(10)16-12(17)8-3-5-15-6-4-8/h1-7H,14H2,(H,16,17). The zero-order valence-electron chi connectivity index (χ0n) is 8.85. The Morgan fingerprint density at radius 2 is 1.94 bits per heavy atom. The van der Waals surface area contributed by atoms with Crippen molar-refractivity contribution < 1.29 is 9.18 Å². The van der Waals surface area contributed by atoms with Crippen LogP contribution in [0, 0.1) is 5.82 Å². The van der Waals surface area contributed by atoms with E-state index in [1.54, 1.807) is 12.1 Å². The minimum atomic E-state index is -0.526. The van der Waals surface area contributed by atoms with E-state index >= 15 is 0 Å². The lowest BCUT2D eigenvalue weighted by Crippen LogP contribution is -2.13. The molecule has 17 heavy (non-hydrogen) atoms. The molecule has 0 bridgehead atoms. The number of hydrogen-bond acceptors (Lipinski definition) is 3. The molecular formula is C12H10FN3O. The summed E-state index contributed by atoms with van der Waals surface area (Å²) < 4.78 is 13.4. The predicted octanol–water partition coefficient (Wildman–Crippen LogP) is 2.06. The molecule has 4 nitrogen and oxygen atoms in total. The second-order valence-corrected chi connectivity index (χ2v) is 3.43. The molecule has 0 radical (unpaired) electrons. The van der Waals surface area contributed by atoms with Gasteiger partial charge in [-0.2, -0.15) is 0 Å². The molecule has 0 fully saturated rings. The molecule has 0 aliphatic carbocycles. The molecule has 1 aromatic heterocycles. The van der Waals surface area contributed by atoms with Crippen molar-refractivity contribution in [3.05, 3.63) is 54.1 Å². The zero-order chi connectivity index (χ0) is 12.3. The van der Waals surface area contributed by atoms with Crippen molar-refractivity contribution in [1.29, 1.82) is 0 Å². The Bertz CT molecular complexity index is 543. The third kappa shape index (κ3) is 2.57. The third-order valence-electron chi connectivity index (χ3n) is 2.18. The molecule has 2 rings (SSSR count). The summed E-state index contributed by atoms with van der Waals surface area (Å²) in [4.78, 5) is 15.5. The maximum Gasteiger partial charge on any atom is 0.255 e. The quantitative estimate of drug-likeness (QED) is 0.777. The second kappa shape index (κ2) is 4.61. The fourth-order valence-electron chi connectivity index (χ4n) is 1.34. The van der Waals surface area contributed by atoms with Gasteiger partial charge in [-0.1, -0.05) is 0 Å². The smallest absolute Gasteiger partial charge is 0.255 e. The number of halogens is 1. The number of aromatic nitrogens is 1. The molecule has 1 aromatic carbocycles. The van der Waals surface area contributed by atoms with Gasteiger partial charge in [-0.05, 0) is 30.3 Å². The number of benzene rings is 1. The van der Waals surface area contributed by atoms with E-state index in [-0.39, 0.29) is 5.69 Å². The Kier molecular flexibility index (Phi) is 3.00. The van der Waals surface area contributed by atoms with E-state index in [9.17, 15) is 9.18 Å².